The van der Waals surface area contributed by atoms with Crippen LogP contribution < -0.4 is 0 Å². The van der Waals surface area contributed by atoms with Gasteiger partial charge in [-0.05, 0) is 19.0 Å². The number of rotatable bonds is 14. The van der Waals surface area contributed by atoms with E-state index >= 15 is 0 Å². The van der Waals surface area contributed by atoms with Gasteiger partial charge in [0.25, 0.3) is 0 Å². The Morgan fingerprint density at radius 1 is 1.00 bits per heavy atom. The van der Waals surface area contributed by atoms with Crippen LogP contribution in [0.1, 0.15) is 6.42 Å². The van der Waals surface area contributed by atoms with E-state index in [4.69, 9.17) is 28.2 Å². The number of hydrogen-bond donors (Lipinski definition) is 1. The van der Waals surface area contributed by atoms with Gasteiger partial charge in [-0.15, -0.1) is 0 Å². The van der Waals surface area contributed by atoms with Crippen LogP contribution in [0.3, 0.4) is 0 Å². The molecule has 0 radical (unpaired) electrons. The maximum Gasteiger partial charge on any atom is 0.335 e. The molecule has 0 aliphatic rings. The molecule has 20 heavy (non-hydrogen) atoms. The largest absolute Gasteiger partial charge is 0.480 e. The van der Waals surface area contributed by atoms with E-state index in [0.29, 0.717) is 39.5 Å². The number of carboxylic acid groups (broad SMARTS) is 1. The minimum Gasteiger partial charge on any atom is -0.480 e. The van der Waals surface area contributed by atoms with Crippen LogP contribution in [0.25, 0.3) is 0 Å². The van der Waals surface area contributed by atoms with E-state index in [0.717, 1.165) is 6.04 Å². The third kappa shape index (κ3) is 11.3. The van der Waals surface area contributed by atoms with Gasteiger partial charge in [0.15, 0.2) is 0 Å². The molecule has 120 valence electrons. The lowest BCUT2D eigenvalue weighted by molar-refractivity contribution is -0.142. The maximum absolute atomic E-state index is 10.3. The molecule has 0 bridgehead atoms. The van der Waals surface area contributed by atoms with Gasteiger partial charge < -0.3 is 28.2 Å². The van der Waals surface area contributed by atoms with Gasteiger partial charge in [0.1, 0.15) is 6.61 Å². The van der Waals surface area contributed by atoms with Gasteiger partial charge in [0.2, 0.25) is 0 Å². The fourth-order valence-electron chi connectivity index (χ4n) is 1.52. The summed E-state index contributed by atoms with van der Waals surface area (Å²) >= 11 is 0. The first-order chi connectivity index (χ1) is 9.54. The summed E-state index contributed by atoms with van der Waals surface area (Å²) in [7, 11) is 0.949. The van der Waals surface area contributed by atoms with Gasteiger partial charge in [-0.1, -0.05) is 0 Å². The number of carbonyl (C=O) groups is 1. The summed E-state index contributed by atoms with van der Waals surface area (Å²) < 4.78 is 26.5. The quantitative estimate of drug-likeness (QED) is 0.376. The zero-order valence-corrected chi connectivity index (χ0v) is 13.6. The van der Waals surface area contributed by atoms with E-state index in [2.05, 4.69) is 0 Å². The predicted octanol–water partition coefficient (Wildman–Crippen LogP) is 0.876. The van der Waals surface area contributed by atoms with Gasteiger partial charge in [0.05, 0.1) is 26.4 Å². The summed E-state index contributed by atoms with van der Waals surface area (Å²) in [5, 5.41) is 8.47. The number of aliphatic carboxylic acids is 1. The second-order valence-electron chi connectivity index (χ2n) is 4.37. The lowest BCUT2D eigenvalue weighted by atomic mass is 10.5. The van der Waals surface area contributed by atoms with Gasteiger partial charge >= 0.3 is 14.5 Å². The number of methoxy groups -OCH3 is 2. The van der Waals surface area contributed by atoms with Crippen LogP contribution >= 0.6 is 0 Å². The molecule has 7 nitrogen and oxygen atoms in total. The van der Waals surface area contributed by atoms with Crippen LogP contribution in [-0.4, -0.2) is 73.5 Å². The Balaban J connectivity index is 3.98. The van der Waals surface area contributed by atoms with Crippen LogP contribution in [0.2, 0.25) is 12.6 Å². The van der Waals surface area contributed by atoms with E-state index in [1.165, 1.54) is 0 Å². The number of hydrogen-bond acceptors (Lipinski definition) is 6. The molecular formula is C12H26O7Si. The van der Waals surface area contributed by atoms with Crippen molar-refractivity contribution >= 4 is 14.5 Å². The molecule has 0 spiro atoms. The minimum atomic E-state index is -2.29. The monoisotopic (exact) mass is 310 g/mol. The summed E-state index contributed by atoms with van der Waals surface area (Å²) in [6.07, 6.45) is 0.704. The summed E-state index contributed by atoms with van der Waals surface area (Å²) in [6.45, 7) is 4.11. The molecule has 0 unspecified atom stereocenters. The average Bonchev–Trinajstić information content (AvgIpc) is 2.39. The van der Waals surface area contributed by atoms with Gasteiger partial charge in [-0.3, -0.25) is 0 Å². The van der Waals surface area contributed by atoms with E-state index in [9.17, 15) is 4.79 Å². The lowest BCUT2D eigenvalue weighted by Gasteiger charge is -2.27. The fraction of sp³-hybridized carbons (Fsp3) is 0.917. The highest BCUT2D eigenvalue weighted by Gasteiger charge is 2.30. The molecule has 0 heterocycles. The summed E-state index contributed by atoms with van der Waals surface area (Å²) in [5.74, 6) is -0.960. The first-order valence-electron chi connectivity index (χ1n) is 6.59. The number of ether oxygens (including phenoxy) is 3. The highest BCUT2D eigenvalue weighted by molar-refractivity contribution is 6.66. The van der Waals surface area contributed by atoms with Gasteiger partial charge in [-0.2, -0.15) is 0 Å². The Morgan fingerprint density at radius 2 is 1.55 bits per heavy atom. The Kier molecular flexibility index (Phi) is 11.9. The Hall–Kier alpha value is -0.513. The van der Waals surface area contributed by atoms with E-state index in [1.807, 2.05) is 6.55 Å². The minimum absolute atomic E-state index is 0.271. The van der Waals surface area contributed by atoms with Crippen molar-refractivity contribution in [3.05, 3.63) is 0 Å². The van der Waals surface area contributed by atoms with E-state index in [-0.39, 0.29) is 6.61 Å². The SMILES string of the molecule is COCCO[Si](C)(CCCOCC(=O)O)OCCOC. The summed E-state index contributed by atoms with van der Waals surface area (Å²) in [6, 6.07) is 0.736. The standard InChI is InChI=1S/C12H26O7Si/c1-15-6-8-18-20(3,19-9-7-16-2)10-4-5-17-11-12(13)14/h4-11H2,1-3H3,(H,13,14). The van der Waals surface area contributed by atoms with Crippen molar-refractivity contribution < 1.29 is 33.0 Å². The zero-order chi connectivity index (χ0) is 15.3. The molecule has 8 heteroatoms. The second kappa shape index (κ2) is 12.2. The molecule has 0 rings (SSSR count). The predicted molar refractivity (Wildman–Crippen MR) is 75.2 cm³/mol. The molecule has 0 atom stereocenters. The molecule has 0 aromatic carbocycles. The van der Waals surface area contributed by atoms with Crippen LogP contribution in [-0.2, 0) is 27.9 Å². The highest BCUT2D eigenvalue weighted by Crippen LogP contribution is 2.16. The van der Waals surface area contributed by atoms with Crippen molar-refractivity contribution in [1.29, 1.82) is 0 Å². The number of carboxylic acids is 1. The van der Waals surface area contributed by atoms with Crippen LogP contribution in [0.5, 0.6) is 0 Å². The van der Waals surface area contributed by atoms with Crippen molar-refractivity contribution in [1.82, 2.24) is 0 Å². The fourth-order valence-corrected chi connectivity index (χ4v) is 3.71. The third-order valence-corrected chi connectivity index (χ3v) is 5.43. The topological polar surface area (TPSA) is 83.5 Å². The van der Waals surface area contributed by atoms with Crippen LogP contribution in [0, 0.1) is 0 Å². The highest BCUT2D eigenvalue weighted by atomic mass is 28.4. The van der Waals surface area contributed by atoms with E-state index < -0.39 is 14.5 Å². The second-order valence-corrected chi connectivity index (χ2v) is 7.71. The Morgan fingerprint density at radius 3 is 2.00 bits per heavy atom. The molecule has 0 aliphatic carbocycles. The molecular weight excluding hydrogens is 284 g/mol. The zero-order valence-electron chi connectivity index (χ0n) is 12.6. The maximum atomic E-state index is 10.3. The summed E-state index contributed by atoms with van der Waals surface area (Å²) in [4.78, 5) is 10.3. The molecule has 0 saturated heterocycles. The van der Waals surface area contributed by atoms with E-state index in [1.54, 1.807) is 14.2 Å². The van der Waals surface area contributed by atoms with Gasteiger partial charge in [-0.25, -0.2) is 4.79 Å². The molecule has 0 amide bonds. The summed E-state index contributed by atoms with van der Waals surface area (Å²) in [5.41, 5.74) is 0. The molecule has 1 N–H and O–H groups in total. The van der Waals surface area contributed by atoms with Gasteiger partial charge in [0, 0.05) is 20.8 Å². The molecule has 0 aliphatic heterocycles. The van der Waals surface area contributed by atoms with Crippen LogP contribution in [0.4, 0.5) is 0 Å². The normalized spacial score (nSPS) is 11.8. The molecule has 0 aromatic rings. The average molecular weight is 310 g/mol. The third-order valence-electron chi connectivity index (χ3n) is 2.53. The smallest absolute Gasteiger partial charge is 0.335 e. The first kappa shape index (κ1) is 19.5. The molecule has 0 saturated carbocycles. The first-order valence-corrected chi connectivity index (χ1v) is 9.12. The van der Waals surface area contributed by atoms with Crippen molar-refractivity contribution in [3.63, 3.8) is 0 Å². The Bertz CT molecular complexity index is 240. The van der Waals surface area contributed by atoms with Crippen molar-refractivity contribution in [2.24, 2.45) is 0 Å². The molecule has 0 fully saturated rings. The van der Waals surface area contributed by atoms with Crippen LogP contribution in [0.15, 0.2) is 0 Å². The Labute approximate surface area is 121 Å². The van der Waals surface area contributed by atoms with Crippen molar-refractivity contribution in [3.8, 4) is 0 Å². The molecule has 0 aromatic heterocycles. The lowest BCUT2D eigenvalue weighted by Crippen LogP contribution is -2.40. The van der Waals surface area contributed by atoms with Crippen molar-refractivity contribution in [2.45, 2.75) is 19.0 Å². The van der Waals surface area contributed by atoms with Crippen molar-refractivity contribution in [2.75, 3.05) is 53.9 Å².